The second-order valence-corrected chi connectivity index (χ2v) is 16.2. The predicted octanol–water partition coefficient (Wildman–Crippen LogP) is 15.1. The van der Waals surface area contributed by atoms with Crippen molar-refractivity contribution < 1.29 is 24.2 Å². The van der Waals surface area contributed by atoms with Gasteiger partial charge < -0.3 is 14.6 Å². The van der Waals surface area contributed by atoms with E-state index in [0.717, 1.165) is 32.1 Å². The topological polar surface area (TPSA) is 72.8 Å². The Morgan fingerprint density at radius 2 is 0.596 bits per heavy atom. The van der Waals surface area contributed by atoms with Crippen molar-refractivity contribution >= 4 is 11.9 Å². The van der Waals surface area contributed by atoms with Gasteiger partial charge in [0, 0.05) is 12.8 Å². The molecule has 0 fully saturated rings. The van der Waals surface area contributed by atoms with Crippen LogP contribution in [0.25, 0.3) is 0 Å². The van der Waals surface area contributed by atoms with Gasteiger partial charge in [-0.3, -0.25) is 9.59 Å². The number of carbonyl (C=O) groups is 2. The standard InChI is InChI=1S/C47H92O5/c1-3-5-7-9-11-13-15-17-19-20-21-22-23-24-25-26-28-29-31-33-35-37-39-41-46(49)51-44-45(43-48)52-47(50)42-40-38-36-34-32-30-27-18-16-14-12-10-8-6-4-2/h45,48H,3-44H2,1-2H3/t45-/m0/s1. The molecule has 0 amide bonds. The molecule has 0 radical (unpaired) electrons. The fourth-order valence-electron chi connectivity index (χ4n) is 7.32. The molecule has 0 rings (SSSR count). The van der Waals surface area contributed by atoms with Gasteiger partial charge in [-0.1, -0.05) is 245 Å². The molecule has 310 valence electrons. The summed E-state index contributed by atoms with van der Waals surface area (Å²) in [5, 5.41) is 9.59. The Morgan fingerprint density at radius 3 is 0.846 bits per heavy atom. The van der Waals surface area contributed by atoms with E-state index < -0.39 is 6.10 Å². The van der Waals surface area contributed by atoms with Crippen LogP contribution in [0.2, 0.25) is 0 Å². The fourth-order valence-corrected chi connectivity index (χ4v) is 7.32. The van der Waals surface area contributed by atoms with E-state index in [1.54, 1.807) is 0 Å². The molecule has 0 aliphatic rings. The van der Waals surface area contributed by atoms with Gasteiger partial charge in [0.05, 0.1) is 6.61 Å². The molecule has 0 aliphatic carbocycles. The lowest BCUT2D eigenvalue weighted by molar-refractivity contribution is -0.161. The number of aliphatic hydroxyl groups excluding tert-OH is 1. The number of hydrogen-bond acceptors (Lipinski definition) is 5. The Labute approximate surface area is 325 Å². The lowest BCUT2D eigenvalue weighted by Crippen LogP contribution is -2.28. The molecule has 0 saturated heterocycles. The van der Waals surface area contributed by atoms with Crippen LogP contribution in [0.5, 0.6) is 0 Å². The van der Waals surface area contributed by atoms with E-state index in [-0.39, 0.29) is 25.2 Å². The molecule has 5 nitrogen and oxygen atoms in total. The van der Waals surface area contributed by atoms with Gasteiger partial charge in [0.1, 0.15) is 6.61 Å². The Kier molecular flexibility index (Phi) is 43.4. The van der Waals surface area contributed by atoms with Crippen molar-refractivity contribution in [2.45, 2.75) is 277 Å². The van der Waals surface area contributed by atoms with Crippen LogP contribution in [0.3, 0.4) is 0 Å². The third-order valence-electron chi connectivity index (χ3n) is 10.9. The maximum atomic E-state index is 12.2. The second-order valence-electron chi connectivity index (χ2n) is 16.2. The normalized spacial score (nSPS) is 12.0. The van der Waals surface area contributed by atoms with Gasteiger partial charge in [-0.25, -0.2) is 0 Å². The van der Waals surface area contributed by atoms with E-state index in [9.17, 15) is 14.7 Å². The highest BCUT2D eigenvalue weighted by Gasteiger charge is 2.16. The van der Waals surface area contributed by atoms with E-state index in [1.807, 2.05) is 0 Å². The predicted molar refractivity (Wildman–Crippen MR) is 224 cm³/mol. The molecule has 52 heavy (non-hydrogen) atoms. The van der Waals surface area contributed by atoms with Crippen molar-refractivity contribution in [3.8, 4) is 0 Å². The molecule has 5 heteroatoms. The molecule has 0 saturated carbocycles. The highest BCUT2D eigenvalue weighted by Crippen LogP contribution is 2.17. The van der Waals surface area contributed by atoms with E-state index in [0.29, 0.717) is 12.8 Å². The van der Waals surface area contributed by atoms with Crippen molar-refractivity contribution in [3.05, 3.63) is 0 Å². The van der Waals surface area contributed by atoms with Crippen LogP contribution in [0.15, 0.2) is 0 Å². The fraction of sp³-hybridized carbons (Fsp3) is 0.957. The number of carbonyl (C=O) groups excluding carboxylic acids is 2. The Morgan fingerprint density at radius 1 is 0.365 bits per heavy atom. The zero-order chi connectivity index (χ0) is 37.8. The molecule has 0 aliphatic heterocycles. The quantitative estimate of drug-likeness (QED) is 0.0498. The molecule has 0 bridgehead atoms. The van der Waals surface area contributed by atoms with Crippen molar-refractivity contribution in [1.82, 2.24) is 0 Å². The van der Waals surface area contributed by atoms with Crippen LogP contribution in [0.1, 0.15) is 271 Å². The number of rotatable bonds is 44. The summed E-state index contributed by atoms with van der Waals surface area (Å²) in [6.45, 7) is 4.19. The first-order chi connectivity index (χ1) is 25.6. The van der Waals surface area contributed by atoms with Gasteiger partial charge in [0.25, 0.3) is 0 Å². The monoisotopic (exact) mass is 737 g/mol. The number of hydrogen-bond donors (Lipinski definition) is 1. The largest absolute Gasteiger partial charge is 0.462 e. The van der Waals surface area contributed by atoms with E-state index in [2.05, 4.69) is 13.8 Å². The van der Waals surface area contributed by atoms with Crippen LogP contribution < -0.4 is 0 Å². The van der Waals surface area contributed by atoms with Gasteiger partial charge in [-0.05, 0) is 12.8 Å². The summed E-state index contributed by atoms with van der Waals surface area (Å²) < 4.78 is 10.7. The summed E-state index contributed by atoms with van der Waals surface area (Å²) in [5.41, 5.74) is 0. The highest BCUT2D eigenvalue weighted by molar-refractivity contribution is 5.70. The average Bonchev–Trinajstić information content (AvgIpc) is 3.15. The van der Waals surface area contributed by atoms with Crippen LogP contribution in [-0.4, -0.2) is 36.4 Å². The summed E-state index contributed by atoms with van der Waals surface area (Å²) in [4.78, 5) is 24.4. The van der Waals surface area contributed by atoms with Crippen molar-refractivity contribution in [2.75, 3.05) is 13.2 Å². The third-order valence-corrected chi connectivity index (χ3v) is 10.9. The van der Waals surface area contributed by atoms with Crippen molar-refractivity contribution in [2.24, 2.45) is 0 Å². The highest BCUT2D eigenvalue weighted by atomic mass is 16.6. The summed E-state index contributed by atoms with van der Waals surface area (Å²) in [5.74, 6) is -0.569. The molecule has 1 N–H and O–H groups in total. The van der Waals surface area contributed by atoms with E-state index in [4.69, 9.17) is 9.47 Å². The zero-order valence-electron chi connectivity index (χ0n) is 35.4. The molecular formula is C47H92O5. The van der Waals surface area contributed by atoms with Gasteiger partial charge in [-0.15, -0.1) is 0 Å². The second kappa shape index (κ2) is 44.3. The lowest BCUT2D eigenvalue weighted by Gasteiger charge is -2.15. The number of aliphatic hydroxyl groups is 1. The minimum absolute atomic E-state index is 0.0563. The first-order valence-corrected chi connectivity index (χ1v) is 23.6. The minimum Gasteiger partial charge on any atom is -0.462 e. The van der Waals surface area contributed by atoms with Crippen LogP contribution in [0.4, 0.5) is 0 Å². The first kappa shape index (κ1) is 50.9. The molecule has 0 aromatic carbocycles. The number of esters is 2. The molecule has 0 aromatic rings. The Balaban J connectivity index is 3.42. The zero-order valence-corrected chi connectivity index (χ0v) is 35.4. The smallest absolute Gasteiger partial charge is 0.306 e. The molecule has 0 unspecified atom stereocenters. The number of ether oxygens (including phenoxy) is 2. The van der Waals surface area contributed by atoms with Gasteiger partial charge in [-0.2, -0.15) is 0 Å². The average molecular weight is 737 g/mol. The third kappa shape index (κ3) is 41.7. The summed E-state index contributed by atoms with van der Waals surface area (Å²) >= 11 is 0. The SMILES string of the molecule is CCCCCCCCCCCCCCCCCCCCCCCCCC(=O)OC[C@H](CO)OC(=O)CCCCCCCCCCCCCCCCC. The van der Waals surface area contributed by atoms with Crippen LogP contribution in [0, 0.1) is 0 Å². The summed E-state index contributed by atoms with van der Waals surface area (Å²) in [6.07, 6.45) is 50.5. The summed E-state index contributed by atoms with van der Waals surface area (Å²) in [7, 11) is 0. The minimum atomic E-state index is -0.762. The maximum Gasteiger partial charge on any atom is 0.306 e. The van der Waals surface area contributed by atoms with Crippen molar-refractivity contribution in [1.29, 1.82) is 0 Å². The van der Waals surface area contributed by atoms with Crippen LogP contribution in [-0.2, 0) is 19.1 Å². The van der Waals surface area contributed by atoms with Gasteiger partial charge in [0.2, 0.25) is 0 Å². The lowest BCUT2D eigenvalue weighted by atomic mass is 10.0. The molecule has 0 heterocycles. The van der Waals surface area contributed by atoms with Crippen molar-refractivity contribution in [3.63, 3.8) is 0 Å². The van der Waals surface area contributed by atoms with Gasteiger partial charge in [0.15, 0.2) is 6.10 Å². The van der Waals surface area contributed by atoms with Gasteiger partial charge >= 0.3 is 11.9 Å². The Hall–Kier alpha value is -1.10. The van der Waals surface area contributed by atoms with E-state index in [1.165, 1.54) is 212 Å². The molecule has 0 aromatic heterocycles. The molecule has 1 atom stereocenters. The Bertz CT molecular complexity index is 710. The van der Waals surface area contributed by atoms with Crippen LogP contribution >= 0.6 is 0 Å². The summed E-state index contributed by atoms with van der Waals surface area (Å²) in [6, 6.07) is 0. The maximum absolute atomic E-state index is 12.2. The van der Waals surface area contributed by atoms with E-state index >= 15 is 0 Å². The number of unbranched alkanes of at least 4 members (excludes halogenated alkanes) is 36. The molecular weight excluding hydrogens is 645 g/mol. The molecule has 0 spiro atoms. The first-order valence-electron chi connectivity index (χ1n) is 23.6.